The van der Waals surface area contributed by atoms with Crippen LogP contribution in [0.25, 0.3) is 11.0 Å². The molecule has 0 N–H and O–H groups in total. The quantitative estimate of drug-likeness (QED) is 0.644. The SMILES string of the molecule is CCCCc1cc(=O)oc2c(C)c(OCc3nnn[n-]3)ccc12. The first-order valence-corrected chi connectivity index (χ1v) is 7.55. The van der Waals surface area contributed by atoms with Crippen molar-refractivity contribution < 1.29 is 9.15 Å². The molecular weight excluding hydrogens is 296 g/mol. The first kappa shape index (κ1) is 15.2. The number of hydrogen-bond acceptors (Lipinski definition) is 6. The molecule has 0 aliphatic rings. The Morgan fingerprint density at radius 3 is 2.96 bits per heavy atom. The molecule has 0 spiro atoms. The second-order valence-corrected chi connectivity index (χ2v) is 5.34. The van der Waals surface area contributed by atoms with E-state index in [-0.39, 0.29) is 12.2 Å². The zero-order valence-electron chi connectivity index (χ0n) is 13.1. The molecular formula is C16H17N4O3-. The van der Waals surface area contributed by atoms with Gasteiger partial charge in [-0.3, -0.25) is 10.3 Å². The number of nitrogens with zero attached hydrogens (tertiary/aromatic N) is 4. The summed E-state index contributed by atoms with van der Waals surface area (Å²) in [5, 5.41) is 15.2. The van der Waals surface area contributed by atoms with E-state index in [1.165, 1.54) is 0 Å². The maximum atomic E-state index is 11.8. The van der Waals surface area contributed by atoms with Gasteiger partial charge in [0, 0.05) is 22.8 Å². The summed E-state index contributed by atoms with van der Waals surface area (Å²) in [6.45, 7) is 4.16. The zero-order chi connectivity index (χ0) is 16.2. The van der Waals surface area contributed by atoms with Gasteiger partial charge in [0.25, 0.3) is 0 Å². The summed E-state index contributed by atoms with van der Waals surface area (Å²) < 4.78 is 11.1. The van der Waals surface area contributed by atoms with Crippen molar-refractivity contribution in [2.75, 3.05) is 0 Å². The molecule has 1 aromatic carbocycles. The van der Waals surface area contributed by atoms with Crippen LogP contribution in [0.2, 0.25) is 0 Å². The van der Waals surface area contributed by atoms with E-state index in [0.717, 1.165) is 35.8 Å². The lowest BCUT2D eigenvalue weighted by Gasteiger charge is -2.12. The van der Waals surface area contributed by atoms with E-state index in [1.807, 2.05) is 19.1 Å². The second kappa shape index (κ2) is 6.60. The average Bonchev–Trinajstić information content (AvgIpc) is 3.06. The maximum Gasteiger partial charge on any atom is 0.336 e. The minimum Gasteiger partial charge on any atom is -0.488 e. The van der Waals surface area contributed by atoms with Gasteiger partial charge in [0.05, 0.1) is 0 Å². The summed E-state index contributed by atoms with van der Waals surface area (Å²) in [5.41, 5.74) is 2.03. The number of benzene rings is 1. The Hall–Kier alpha value is -2.70. The van der Waals surface area contributed by atoms with E-state index >= 15 is 0 Å². The summed E-state index contributed by atoms with van der Waals surface area (Å²) in [6, 6.07) is 5.37. The molecule has 0 aliphatic heterocycles. The van der Waals surface area contributed by atoms with Crippen molar-refractivity contribution in [1.29, 1.82) is 0 Å². The highest BCUT2D eigenvalue weighted by molar-refractivity contribution is 5.84. The van der Waals surface area contributed by atoms with Crippen molar-refractivity contribution in [1.82, 2.24) is 20.6 Å². The lowest BCUT2D eigenvalue weighted by molar-refractivity contribution is 0.293. The van der Waals surface area contributed by atoms with Gasteiger partial charge in [-0.05, 0) is 37.5 Å². The smallest absolute Gasteiger partial charge is 0.336 e. The largest absolute Gasteiger partial charge is 0.488 e. The first-order chi connectivity index (χ1) is 11.2. The van der Waals surface area contributed by atoms with Crippen LogP contribution in [-0.4, -0.2) is 15.5 Å². The number of aryl methyl sites for hydroxylation is 2. The number of fused-ring (bicyclic) bond motifs is 1. The van der Waals surface area contributed by atoms with Gasteiger partial charge in [0.15, 0.2) is 0 Å². The molecule has 0 saturated heterocycles. The van der Waals surface area contributed by atoms with Crippen molar-refractivity contribution in [3.05, 3.63) is 45.6 Å². The fourth-order valence-electron chi connectivity index (χ4n) is 2.50. The Morgan fingerprint density at radius 1 is 1.35 bits per heavy atom. The van der Waals surface area contributed by atoms with Gasteiger partial charge in [0.2, 0.25) is 0 Å². The summed E-state index contributed by atoms with van der Waals surface area (Å²) >= 11 is 0. The summed E-state index contributed by atoms with van der Waals surface area (Å²) in [7, 11) is 0. The third-order valence-corrected chi connectivity index (χ3v) is 3.71. The van der Waals surface area contributed by atoms with Crippen LogP contribution in [0.4, 0.5) is 0 Å². The molecule has 2 aromatic heterocycles. The molecule has 0 aliphatic carbocycles. The molecule has 0 unspecified atom stereocenters. The molecule has 23 heavy (non-hydrogen) atoms. The lowest BCUT2D eigenvalue weighted by Crippen LogP contribution is -2.04. The zero-order valence-corrected chi connectivity index (χ0v) is 13.1. The van der Waals surface area contributed by atoms with E-state index < -0.39 is 0 Å². The van der Waals surface area contributed by atoms with Crippen LogP contribution in [0.1, 0.15) is 36.7 Å². The van der Waals surface area contributed by atoms with Crippen LogP contribution >= 0.6 is 0 Å². The lowest BCUT2D eigenvalue weighted by atomic mass is 10.0. The van der Waals surface area contributed by atoms with E-state index in [2.05, 4.69) is 27.5 Å². The number of rotatable bonds is 6. The Balaban J connectivity index is 1.96. The molecule has 7 nitrogen and oxygen atoms in total. The predicted molar refractivity (Wildman–Crippen MR) is 83.3 cm³/mol. The van der Waals surface area contributed by atoms with Crippen molar-refractivity contribution in [3.8, 4) is 5.75 Å². The second-order valence-electron chi connectivity index (χ2n) is 5.34. The number of hydrogen-bond donors (Lipinski definition) is 0. The van der Waals surface area contributed by atoms with Gasteiger partial charge in [0.1, 0.15) is 17.9 Å². The number of ether oxygens (including phenoxy) is 1. The number of tetrazole rings is 1. The van der Waals surface area contributed by atoms with Crippen LogP contribution in [0.15, 0.2) is 27.4 Å². The first-order valence-electron chi connectivity index (χ1n) is 7.55. The molecule has 7 heteroatoms. The summed E-state index contributed by atoms with van der Waals surface area (Å²) in [5.74, 6) is 1.03. The fraction of sp³-hybridized carbons (Fsp3) is 0.375. The van der Waals surface area contributed by atoms with Crippen molar-refractivity contribution >= 4 is 11.0 Å². The van der Waals surface area contributed by atoms with Gasteiger partial charge >= 0.3 is 5.63 Å². The fourth-order valence-corrected chi connectivity index (χ4v) is 2.50. The third kappa shape index (κ3) is 3.23. The summed E-state index contributed by atoms with van der Waals surface area (Å²) in [4.78, 5) is 11.8. The summed E-state index contributed by atoms with van der Waals surface area (Å²) in [6.07, 6.45) is 2.96. The molecule has 0 amide bonds. The van der Waals surface area contributed by atoms with E-state index in [0.29, 0.717) is 17.2 Å². The normalized spacial score (nSPS) is 11.0. The minimum absolute atomic E-state index is 0.166. The standard InChI is InChI=1S/C16H17N4O3/c1-3-4-5-11-8-15(21)23-16-10(2)13(7-6-12(11)16)22-9-14-17-19-20-18-14/h6-8H,3-5,9H2,1-2H3/q-1. The van der Waals surface area contributed by atoms with Gasteiger partial charge in [-0.15, -0.1) is 0 Å². The van der Waals surface area contributed by atoms with Crippen LogP contribution in [0.3, 0.4) is 0 Å². The van der Waals surface area contributed by atoms with Gasteiger partial charge in [-0.1, -0.05) is 13.3 Å². The van der Waals surface area contributed by atoms with Gasteiger partial charge < -0.3 is 14.3 Å². The topological polar surface area (TPSA) is 92.2 Å². The van der Waals surface area contributed by atoms with Gasteiger partial charge in [-0.25, -0.2) is 4.79 Å². The molecule has 0 atom stereocenters. The third-order valence-electron chi connectivity index (χ3n) is 3.71. The average molecular weight is 313 g/mol. The molecule has 0 bridgehead atoms. The Kier molecular flexibility index (Phi) is 4.36. The van der Waals surface area contributed by atoms with Gasteiger partial charge in [-0.2, -0.15) is 5.21 Å². The highest BCUT2D eigenvalue weighted by atomic mass is 16.5. The van der Waals surface area contributed by atoms with Crippen molar-refractivity contribution in [2.24, 2.45) is 0 Å². The van der Waals surface area contributed by atoms with E-state index in [9.17, 15) is 4.79 Å². The molecule has 3 rings (SSSR count). The molecule has 3 aromatic rings. The van der Waals surface area contributed by atoms with Crippen LogP contribution in [-0.2, 0) is 13.0 Å². The van der Waals surface area contributed by atoms with Crippen LogP contribution < -0.4 is 15.5 Å². The number of unbranched alkanes of at least 4 members (excludes halogenated alkanes) is 1. The highest BCUT2D eigenvalue weighted by Gasteiger charge is 2.11. The molecule has 120 valence electrons. The van der Waals surface area contributed by atoms with E-state index in [1.54, 1.807) is 6.07 Å². The Labute approximate surface area is 132 Å². The molecule has 2 heterocycles. The monoisotopic (exact) mass is 313 g/mol. The Morgan fingerprint density at radius 2 is 2.22 bits per heavy atom. The maximum absolute atomic E-state index is 11.8. The molecule has 0 fully saturated rings. The minimum atomic E-state index is -0.336. The van der Waals surface area contributed by atoms with Crippen LogP contribution in [0.5, 0.6) is 5.75 Å². The molecule has 0 radical (unpaired) electrons. The molecule has 0 saturated carbocycles. The van der Waals surface area contributed by atoms with Crippen molar-refractivity contribution in [2.45, 2.75) is 39.7 Å². The van der Waals surface area contributed by atoms with E-state index in [4.69, 9.17) is 9.15 Å². The predicted octanol–water partition coefficient (Wildman–Crippen LogP) is 2.17. The number of aromatic nitrogens is 4. The highest BCUT2D eigenvalue weighted by Crippen LogP contribution is 2.29. The van der Waals surface area contributed by atoms with Crippen LogP contribution in [0, 0.1) is 6.92 Å². The Bertz CT molecular complexity index is 856. The van der Waals surface area contributed by atoms with Crippen molar-refractivity contribution in [3.63, 3.8) is 0 Å².